The molecule has 0 bridgehead atoms. The van der Waals surface area contributed by atoms with Gasteiger partial charge in [0.05, 0.1) is 5.52 Å². The predicted octanol–water partition coefficient (Wildman–Crippen LogP) is 4.35. The van der Waals surface area contributed by atoms with Crippen LogP contribution < -0.4 is 10.2 Å². The molecule has 5 rings (SSSR count). The van der Waals surface area contributed by atoms with E-state index in [1.165, 1.54) is 5.56 Å². The van der Waals surface area contributed by atoms with Crippen molar-refractivity contribution in [2.75, 3.05) is 36.4 Å². The lowest BCUT2D eigenvalue weighted by Crippen LogP contribution is -2.49. The third-order valence-electron chi connectivity index (χ3n) is 5.83. The topological polar surface area (TPSA) is 74.2 Å². The number of anilines is 3. The predicted molar refractivity (Wildman–Crippen MR) is 131 cm³/mol. The summed E-state index contributed by atoms with van der Waals surface area (Å²) in [5, 5.41) is 4.40. The zero-order valence-electron chi connectivity index (χ0n) is 18.8. The number of nitrogens with one attached hydrogen (secondary N) is 1. The number of hydrogen-bond acceptors (Lipinski definition) is 6. The molecule has 1 N–H and O–H groups in total. The number of rotatable bonds is 4. The SMILES string of the molecule is Cc1ccc(Nc2cc(C)nc(N3CCN(C(=O)c4ccc5ccccc5n4)CC3)n2)cc1. The number of nitrogens with zero attached hydrogens (tertiary/aromatic N) is 5. The number of hydrogen-bond donors (Lipinski definition) is 1. The van der Waals surface area contributed by atoms with Gasteiger partial charge in [-0.3, -0.25) is 4.79 Å². The second-order valence-corrected chi connectivity index (χ2v) is 8.35. The molecule has 7 nitrogen and oxygen atoms in total. The fourth-order valence-electron chi connectivity index (χ4n) is 4.00. The highest BCUT2D eigenvalue weighted by molar-refractivity contribution is 5.95. The summed E-state index contributed by atoms with van der Waals surface area (Å²) in [6.07, 6.45) is 0. The summed E-state index contributed by atoms with van der Waals surface area (Å²) in [6.45, 7) is 6.59. The van der Waals surface area contributed by atoms with Crippen molar-refractivity contribution >= 4 is 34.3 Å². The van der Waals surface area contributed by atoms with E-state index in [1.54, 1.807) is 0 Å². The van der Waals surface area contributed by atoms with Crippen molar-refractivity contribution < 1.29 is 4.79 Å². The minimum atomic E-state index is -0.0349. The van der Waals surface area contributed by atoms with Crippen LogP contribution in [0, 0.1) is 13.8 Å². The molecule has 4 aromatic rings. The molecular formula is C26H26N6O. The number of carbonyl (C=O) groups excluding carboxylic acids is 1. The smallest absolute Gasteiger partial charge is 0.272 e. The van der Waals surface area contributed by atoms with Crippen molar-refractivity contribution in [3.05, 3.63) is 83.7 Å². The summed E-state index contributed by atoms with van der Waals surface area (Å²) in [5.74, 6) is 1.41. The molecule has 0 unspecified atom stereocenters. The van der Waals surface area contributed by atoms with Crippen molar-refractivity contribution in [2.45, 2.75) is 13.8 Å². The number of pyridine rings is 1. The minimum Gasteiger partial charge on any atom is -0.340 e. The van der Waals surface area contributed by atoms with Crippen LogP contribution >= 0.6 is 0 Å². The lowest BCUT2D eigenvalue weighted by atomic mass is 10.2. The number of fused-ring (bicyclic) bond motifs is 1. The standard InChI is InChI=1S/C26H26N6O/c1-18-7-10-21(11-8-18)28-24-17-19(2)27-26(30-24)32-15-13-31(14-16-32)25(33)23-12-9-20-5-3-4-6-22(20)29-23/h3-12,17H,13-16H2,1-2H3,(H,27,28,30). The summed E-state index contributed by atoms with van der Waals surface area (Å²) in [7, 11) is 0. The van der Waals surface area contributed by atoms with Crippen LogP contribution in [0.4, 0.5) is 17.5 Å². The van der Waals surface area contributed by atoms with Gasteiger partial charge >= 0.3 is 0 Å². The van der Waals surface area contributed by atoms with E-state index < -0.39 is 0 Å². The van der Waals surface area contributed by atoms with E-state index >= 15 is 0 Å². The average Bonchev–Trinajstić information content (AvgIpc) is 2.84. The molecule has 0 saturated carbocycles. The summed E-state index contributed by atoms with van der Waals surface area (Å²) in [6, 6.07) is 21.8. The lowest BCUT2D eigenvalue weighted by Gasteiger charge is -2.34. The molecular weight excluding hydrogens is 412 g/mol. The van der Waals surface area contributed by atoms with Crippen LogP contribution in [-0.4, -0.2) is 51.9 Å². The Morgan fingerprint density at radius 1 is 0.848 bits per heavy atom. The van der Waals surface area contributed by atoms with Gasteiger partial charge in [-0.25, -0.2) is 9.97 Å². The van der Waals surface area contributed by atoms with E-state index in [9.17, 15) is 4.79 Å². The Morgan fingerprint density at radius 2 is 1.61 bits per heavy atom. The fraction of sp³-hybridized carbons (Fsp3) is 0.231. The molecule has 1 aliphatic rings. The average molecular weight is 439 g/mol. The summed E-state index contributed by atoms with van der Waals surface area (Å²) >= 11 is 0. The van der Waals surface area contributed by atoms with Crippen LogP contribution in [0.15, 0.2) is 66.7 Å². The van der Waals surface area contributed by atoms with E-state index in [1.807, 2.05) is 66.4 Å². The molecule has 2 aromatic carbocycles. The molecule has 7 heteroatoms. The van der Waals surface area contributed by atoms with Gasteiger partial charge in [-0.1, -0.05) is 42.0 Å². The minimum absolute atomic E-state index is 0.0349. The summed E-state index contributed by atoms with van der Waals surface area (Å²) < 4.78 is 0. The molecule has 2 aromatic heterocycles. The Balaban J connectivity index is 1.27. The number of aryl methyl sites for hydroxylation is 2. The van der Waals surface area contributed by atoms with Gasteiger partial charge in [0.25, 0.3) is 5.91 Å². The summed E-state index contributed by atoms with van der Waals surface area (Å²) in [4.78, 5) is 30.9. The largest absolute Gasteiger partial charge is 0.340 e. The Hall–Kier alpha value is -4.00. The maximum Gasteiger partial charge on any atom is 0.272 e. The third-order valence-corrected chi connectivity index (χ3v) is 5.83. The van der Waals surface area contributed by atoms with Crippen LogP contribution in [0.3, 0.4) is 0 Å². The first kappa shape index (κ1) is 20.9. The van der Waals surface area contributed by atoms with Crippen LogP contribution in [0.25, 0.3) is 10.9 Å². The van der Waals surface area contributed by atoms with Crippen LogP contribution in [-0.2, 0) is 0 Å². The maximum absolute atomic E-state index is 13.0. The molecule has 33 heavy (non-hydrogen) atoms. The Morgan fingerprint density at radius 3 is 2.39 bits per heavy atom. The number of amides is 1. The van der Waals surface area contributed by atoms with Crippen molar-refractivity contribution in [3.63, 3.8) is 0 Å². The molecule has 1 amide bonds. The van der Waals surface area contributed by atoms with Crippen molar-refractivity contribution in [1.29, 1.82) is 0 Å². The molecule has 1 saturated heterocycles. The van der Waals surface area contributed by atoms with Gasteiger partial charge in [0.15, 0.2) is 0 Å². The fourth-order valence-corrected chi connectivity index (χ4v) is 4.00. The van der Waals surface area contributed by atoms with Crippen molar-refractivity contribution in [3.8, 4) is 0 Å². The van der Waals surface area contributed by atoms with E-state index in [0.717, 1.165) is 28.1 Å². The summed E-state index contributed by atoms with van der Waals surface area (Å²) in [5.41, 5.74) is 4.42. The number of aromatic nitrogens is 3. The monoisotopic (exact) mass is 438 g/mol. The Bertz CT molecular complexity index is 1300. The van der Waals surface area contributed by atoms with Gasteiger partial charge in [0.1, 0.15) is 11.5 Å². The quantitative estimate of drug-likeness (QED) is 0.511. The first-order chi connectivity index (χ1) is 16.0. The van der Waals surface area contributed by atoms with Gasteiger partial charge in [-0.2, -0.15) is 4.98 Å². The Labute approximate surface area is 193 Å². The molecule has 1 aliphatic heterocycles. The van der Waals surface area contributed by atoms with Gasteiger partial charge in [0, 0.05) is 49.0 Å². The Kier molecular flexibility index (Phi) is 5.60. The van der Waals surface area contributed by atoms with Gasteiger partial charge in [-0.05, 0) is 38.1 Å². The second kappa shape index (κ2) is 8.86. The van der Waals surface area contributed by atoms with Crippen LogP contribution in [0.1, 0.15) is 21.7 Å². The van der Waals surface area contributed by atoms with Gasteiger partial charge in [-0.15, -0.1) is 0 Å². The molecule has 0 aliphatic carbocycles. The highest BCUT2D eigenvalue weighted by atomic mass is 16.2. The highest BCUT2D eigenvalue weighted by Crippen LogP contribution is 2.21. The molecule has 1 fully saturated rings. The first-order valence-electron chi connectivity index (χ1n) is 11.1. The molecule has 0 spiro atoms. The van der Waals surface area contributed by atoms with E-state index in [0.29, 0.717) is 37.8 Å². The van der Waals surface area contributed by atoms with E-state index in [4.69, 9.17) is 4.98 Å². The molecule has 166 valence electrons. The number of carbonyl (C=O) groups is 1. The zero-order valence-corrected chi connectivity index (χ0v) is 18.8. The maximum atomic E-state index is 13.0. The lowest BCUT2D eigenvalue weighted by molar-refractivity contribution is 0.0740. The van der Waals surface area contributed by atoms with Gasteiger partial charge < -0.3 is 15.1 Å². The van der Waals surface area contributed by atoms with Gasteiger partial charge in [0.2, 0.25) is 5.95 Å². The second-order valence-electron chi connectivity index (χ2n) is 8.35. The molecule has 3 heterocycles. The number of benzene rings is 2. The van der Waals surface area contributed by atoms with E-state index in [-0.39, 0.29) is 5.91 Å². The normalized spacial score (nSPS) is 13.9. The first-order valence-corrected chi connectivity index (χ1v) is 11.1. The van der Waals surface area contributed by atoms with Crippen LogP contribution in [0.5, 0.6) is 0 Å². The third kappa shape index (κ3) is 4.62. The highest BCUT2D eigenvalue weighted by Gasteiger charge is 2.24. The van der Waals surface area contributed by atoms with Crippen molar-refractivity contribution in [1.82, 2.24) is 19.9 Å². The van der Waals surface area contributed by atoms with Crippen molar-refractivity contribution in [2.24, 2.45) is 0 Å². The van der Waals surface area contributed by atoms with Crippen LogP contribution in [0.2, 0.25) is 0 Å². The zero-order chi connectivity index (χ0) is 22.8. The number of piperazine rings is 1. The van der Waals surface area contributed by atoms with E-state index in [2.05, 4.69) is 39.2 Å². The number of para-hydroxylation sites is 1. The molecule has 0 atom stereocenters. The molecule has 0 radical (unpaired) electrons.